The Morgan fingerprint density at radius 1 is 1.33 bits per heavy atom. The van der Waals surface area contributed by atoms with Crippen LogP contribution in [0, 0.1) is 12.8 Å². The van der Waals surface area contributed by atoms with Gasteiger partial charge in [-0.1, -0.05) is 17.7 Å². The first-order chi connectivity index (χ1) is 10.1. The van der Waals surface area contributed by atoms with Gasteiger partial charge in [0.1, 0.15) is 11.8 Å². The quantitative estimate of drug-likeness (QED) is 0.907. The van der Waals surface area contributed by atoms with E-state index in [0.717, 1.165) is 29.7 Å². The minimum absolute atomic E-state index is 0.0284. The van der Waals surface area contributed by atoms with Crippen LogP contribution in [0.4, 0.5) is 0 Å². The first-order valence-electron chi connectivity index (χ1n) is 7.30. The van der Waals surface area contributed by atoms with E-state index in [1.807, 2.05) is 25.1 Å². The Hall–Kier alpha value is -2.04. The number of amides is 2. The van der Waals surface area contributed by atoms with E-state index in [0.29, 0.717) is 12.5 Å². The number of carbonyl (C=O) groups excluding carboxylic acids is 2. The minimum atomic E-state index is -0.331. The lowest BCUT2D eigenvalue weighted by Gasteiger charge is -2.33. The molecule has 0 spiro atoms. The molecule has 0 bridgehead atoms. The van der Waals surface area contributed by atoms with Gasteiger partial charge in [-0.05, 0) is 31.7 Å². The molecule has 1 saturated heterocycles. The second-order valence-electron chi connectivity index (χ2n) is 5.89. The van der Waals surface area contributed by atoms with Crippen LogP contribution in [0.3, 0.4) is 0 Å². The first kappa shape index (κ1) is 13.9. The van der Waals surface area contributed by atoms with Crippen LogP contribution in [0.1, 0.15) is 24.0 Å². The molecule has 1 unspecified atom stereocenters. The fourth-order valence-electron chi connectivity index (χ4n) is 2.85. The maximum absolute atomic E-state index is 12.5. The van der Waals surface area contributed by atoms with E-state index in [2.05, 4.69) is 5.32 Å². The Balaban J connectivity index is 1.81. The minimum Gasteiger partial charge on any atom is -0.496 e. The van der Waals surface area contributed by atoms with Gasteiger partial charge in [0.05, 0.1) is 13.7 Å². The Kier molecular flexibility index (Phi) is 3.57. The number of nitrogens with zero attached hydrogens (tertiary/aromatic N) is 1. The molecule has 1 heterocycles. The molecule has 1 N–H and O–H groups in total. The summed E-state index contributed by atoms with van der Waals surface area (Å²) in [5.41, 5.74) is 2.05. The summed E-state index contributed by atoms with van der Waals surface area (Å²) in [5, 5.41) is 2.82. The molecule has 1 saturated carbocycles. The SMILES string of the molecule is COc1ccc(C)cc1CN1CC(=O)NC(C2CC2)C1=O. The Morgan fingerprint density at radius 3 is 2.76 bits per heavy atom. The summed E-state index contributed by atoms with van der Waals surface area (Å²) >= 11 is 0. The zero-order chi connectivity index (χ0) is 15.0. The second-order valence-corrected chi connectivity index (χ2v) is 5.89. The standard InChI is InChI=1S/C16H20N2O3/c1-10-3-6-13(21-2)12(7-10)8-18-9-14(19)17-15(16(18)20)11-4-5-11/h3,6-7,11,15H,4-5,8-9H2,1-2H3,(H,17,19). The van der Waals surface area contributed by atoms with Crippen molar-refractivity contribution in [1.29, 1.82) is 0 Å². The van der Waals surface area contributed by atoms with Crippen LogP contribution in [0.25, 0.3) is 0 Å². The van der Waals surface area contributed by atoms with Gasteiger partial charge in [0.25, 0.3) is 0 Å². The van der Waals surface area contributed by atoms with Crippen LogP contribution >= 0.6 is 0 Å². The van der Waals surface area contributed by atoms with E-state index in [1.54, 1.807) is 12.0 Å². The third kappa shape index (κ3) is 2.86. The highest BCUT2D eigenvalue weighted by atomic mass is 16.5. The number of methoxy groups -OCH3 is 1. The molecule has 1 aliphatic heterocycles. The molecule has 2 fully saturated rings. The Labute approximate surface area is 124 Å². The number of hydrogen-bond donors (Lipinski definition) is 1. The summed E-state index contributed by atoms with van der Waals surface area (Å²) in [7, 11) is 1.62. The maximum Gasteiger partial charge on any atom is 0.246 e. The number of nitrogens with one attached hydrogen (secondary N) is 1. The number of aryl methyl sites for hydroxylation is 1. The third-order valence-electron chi connectivity index (χ3n) is 4.12. The molecule has 2 aliphatic rings. The molecule has 112 valence electrons. The van der Waals surface area contributed by atoms with Crippen molar-refractivity contribution in [3.05, 3.63) is 29.3 Å². The van der Waals surface area contributed by atoms with Gasteiger partial charge in [-0.25, -0.2) is 0 Å². The molecule has 1 aromatic carbocycles. The molecule has 0 aromatic heterocycles. The van der Waals surface area contributed by atoms with Crippen LogP contribution in [0.15, 0.2) is 18.2 Å². The van der Waals surface area contributed by atoms with Gasteiger partial charge in [0, 0.05) is 12.1 Å². The summed E-state index contributed by atoms with van der Waals surface area (Å²) < 4.78 is 5.35. The van der Waals surface area contributed by atoms with Crippen molar-refractivity contribution in [2.75, 3.05) is 13.7 Å². The van der Waals surface area contributed by atoms with E-state index < -0.39 is 0 Å². The highest BCUT2D eigenvalue weighted by Crippen LogP contribution is 2.34. The third-order valence-corrected chi connectivity index (χ3v) is 4.12. The average Bonchev–Trinajstić information content (AvgIpc) is 3.27. The van der Waals surface area contributed by atoms with Crippen LogP contribution in [0.5, 0.6) is 5.75 Å². The largest absolute Gasteiger partial charge is 0.496 e. The van der Waals surface area contributed by atoms with Gasteiger partial charge < -0.3 is 15.0 Å². The highest BCUT2D eigenvalue weighted by molar-refractivity contribution is 5.95. The summed E-state index contributed by atoms with van der Waals surface area (Å²) in [6, 6.07) is 5.55. The van der Waals surface area contributed by atoms with Gasteiger partial charge >= 0.3 is 0 Å². The fraction of sp³-hybridized carbons (Fsp3) is 0.500. The van der Waals surface area contributed by atoms with E-state index >= 15 is 0 Å². The zero-order valence-electron chi connectivity index (χ0n) is 12.4. The summed E-state index contributed by atoms with van der Waals surface area (Å²) in [6.45, 7) is 2.54. The molecule has 5 nitrogen and oxygen atoms in total. The summed E-state index contributed by atoms with van der Waals surface area (Å²) in [5.74, 6) is 1.03. The van der Waals surface area contributed by atoms with Crippen LogP contribution < -0.4 is 10.1 Å². The molecule has 1 aliphatic carbocycles. The van der Waals surface area contributed by atoms with Crippen molar-refractivity contribution in [3.63, 3.8) is 0 Å². The van der Waals surface area contributed by atoms with Crippen molar-refractivity contribution in [3.8, 4) is 5.75 Å². The maximum atomic E-state index is 12.5. The van der Waals surface area contributed by atoms with Gasteiger partial charge in [-0.3, -0.25) is 9.59 Å². The normalized spacial score (nSPS) is 22.2. The van der Waals surface area contributed by atoms with Gasteiger partial charge in [0.15, 0.2) is 0 Å². The first-order valence-corrected chi connectivity index (χ1v) is 7.30. The Morgan fingerprint density at radius 2 is 2.10 bits per heavy atom. The van der Waals surface area contributed by atoms with Crippen LogP contribution in [-0.2, 0) is 16.1 Å². The van der Waals surface area contributed by atoms with Crippen LogP contribution in [0.2, 0.25) is 0 Å². The molecule has 21 heavy (non-hydrogen) atoms. The van der Waals surface area contributed by atoms with Crippen LogP contribution in [-0.4, -0.2) is 36.4 Å². The average molecular weight is 288 g/mol. The number of benzene rings is 1. The topological polar surface area (TPSA) is 58.6 Å². The smallest absolute Gasteiger partial charge is 0.246 e. The van der Waals surface area contributed by atoms with E-state index in [1.165, 1.54) is 0 Å². The number of piperazine rings is 1. The number of ether oxygens (including phenoxy) is 1. The van der Waals surface area contributed by atoms with Crippen molar-refractivity contribution in [2.24, 2.45) is 5.92 Å². The highest BCUT2D eigenvalue weighted by Gasteiger charge is 2.42. The molecule has 1 aromatic rings. The zero-order valence-corrected chi connectivity index (χ0v) is 12.4. The number of rotatable bonds is 4. The molecule has 2 amide bonds. The summed E-state index contributed by atoms with van der Waals surface area (Å²) in [6.07, 6.45) is 2.05. The number of hydrogen-bond acceptors (Lipinski definition) is 3. The fourth-order valence-corrected chi connectivity index (χ4v) is 2.85. The van der Waals surface area contributed by atoms with E-state index in [-0.39, 0.29) is 24.4 Å². The molecule has 3 rings (SSSR count). The lowest BCUT2D eigenvalue weighted by molar-refractivity contribution is -0.145. The predicted molar refractivity (Wildman–Crippen MR) is 77.8 cm³/mol. The molecule has 1 atom stereocenters. The van der Waals surface area contributed by atoms with Crippen molar-refractivity contribution < 1.29 is 14.3 Å². The lowest BCUT2D eigenvalue weighted by atomic mass is 10.1. The van der Waals surface area contributed by atoms with Crippen molar-refractivity contribution >= 4 is 11.8 Å². The van der Waals surface area contributed by atoms with Gasteiger partial charge in [-0.2, -0.15) is 0 Å². The van der Waals surface area contributed by atoms with E-state index in [4.69, 9.17) is 4.74 Å². The van der Waals surface area contributed by atoms with E-state index in [9.17, 15) is 9.59 Å². The summed E-state index contributed by atoms with van der Waals surface area (Å²) in [4.78, 5) is 26.0. The van der Waals surface area contributed by atoms with Crippen molar-refractivity contribution in [1.82, 2.24) is 10.2 Å². The van der Waals surface area contributed by atoms with Gasteiger partial charge in [0.2, 0.25) is 11.8 Å². The van der Waals surface area contributed by atoms with Crippen molar-refractivity contribution in [2.45, 2.75) is 32.4 Å². The predicted octanol–water partition coefficient (Wildman–Crippen LogP) is 1.24. The van der Waals surface area contributed by atoms with Gasteiger partial charge in [-0.15, -0.1) is 0 Å². The molecule has 0 radical (unpaired) electrons. The second kappa shape index (κ2) is 5.39. The Bertz CT molecular complexity index is 581. The molecular formula is C16H20N2O3. The lowest BCUT2D eigenvalue weighted by Crippen LogP contribution is -2.58. The monoisotopic (exact) mass is 288 g/mol. The molecular weight excluding hydrogens is 268 g/mol. The number of carbonyl (C=O) groups is 2. The molecule has 5 heteroatoms.